The SMILES string of the molecule is COC(=O)CN(C(=O)C1(C#N)CC(C)C1)C(C)C. The minimum atomic E-state index is -0.933. The van der Waals surface area contributed by atoms with Gasteiger partial charge in [-0.1, -0.05) is 6.92 Å². The maximum absolute atomic E-state index is 12.4. The molecule has 0 atom stereocenters. The molecule has 0 aromatic rings. The zero-order valence-electron chi connectivity index (χ0n) is 11.4. The molecule has 0 aromatic carbocycles. The number of carbonyl (C=O) groups is 2. The summed E-state index contributed by atoms with van der Waals surface area (Å²) in [5.74, 6) is -0.318. The van der Waals surface area contributed by atoms with Crippen LogP contribution in [0.15, 0.2) is 0 Å². The Labute approximate surface area is 108 Å². The summed E-state index contributed by atoms with van der Waals surface area (Å²) in [5.41, 5.74) is -0.933. The van der Waals surface area contributed by atoms with E-state index in [2.05, 4.69) is 10.8 Å². The van der Waals surface area contributed by atoms with Gasteiger partial charge < -0.3 is 9.64 Å². The highest BCUT2D eigenvalue weighted by atomic mass is 16.5. The number of methoxy groups -OCH3 is 1. The lowest BCUT2D eigenvalue weighted by Crippen LogP contribution is -2.53. The fraction of sp³-hybridized carbons (Fsp3) is 0.769. The second kappa shape index (κ2) is 5.38. The van der Waals surface area contributed by atoms with Crippen LogP contribution in [0.1, 0.15) is 33.6 Å². The van der Waals surface area contributed by atoms with Crippen LogP contribution in [0.5, 0.6) is 0 Å². The summed E-state index contributed by atoms with van der Waals surface area (Å²) in [6.45, 7) is 5.58. The van der Waals surface area contributed by atoms with Crippen molar-refractivity contribution in [3.05, 3.63) is 0 Å². The number of carbonyl (C=O) groups excluding carboxylic acids is 2. The zero-order chi connectivity index (χ0) is 13.9. The molecule has 0 aliphatic heterocycles. The Kier molecular flexibility index (Phi) is 4.33. The van der Waals surface area contributed by atoms with Crippen molar-refractivity contribution < 1.29 is 14.3 Å². The first kappa shape index (κ1) is 14.5. The monoisotopic (exact) mass is 252 g/mol. The second-order valence-corrected chi connectivity index (χ2v) is 5.31. The van der Waals surface area contributed by atoms with Crippen molar-refractivity contribution in [3.63, 3.8) is 0 Å². The number of ether oxygens (including phenoxy) is 1. The van der Waals surface area contributed by atoms with Crippen LogP contribution in [0, 0.1) is 22.7 Å². The molecule has 1 rings (SSSR count). The maximum atomic E-state index is 12.4. The van der Waals surface area contributed by atoms with E-state index >= 15 is 0 Å². The van der Waals surface area contributed by atoms with Crippen LogP contribution in [0.25, 0.3) is 0 Å². The summed E-state index contributed by atoms with van der Waals surface area (Å²) < 4.78 is 4.58. The average Bonchev–Trinajstić information content (AvgIpc) is 2.30. The third-order valence-corrected chi connectivity index (χ3v) is 3.43. The van der Waals surface area contributed by atoms with Gasteiger partial charge in [-0.15, -0.1) is 0 Å². The first-order valence-electron chi connectivity index (χ1n) is 6.15. The van der Waals surface area contributed by atoms with Gasteiger partial charge in [-0.05, 0) is 32.6 Å². The van der Waals surface area contributed by atoms with Crippen LogP contribution < -0.4 is 0 Å². The van der Waals surface area contributed by atoms with Gasteiger partial charge in [0, 0.05) is 6.04 Å². The van der Waals surface area contributed by atoms with Crippen LogP contribution in [-0.2, 0) is 14.3 Å². The molecule has 0 bridgehead atoms. The molecule has 18 heavy (non-hydrogen) atoms. The lowest BCUT2D eigenvalue weighted by molar-refractivity contribution is -0.155. The topological polar surface area (TPSA) is 70.4 Å². The zero-order valence-corrected chi connectivity index (χ0v) is 11.4. The molecule has 0 spiro atoms. The number of hydrogen-bond acceptors (Lipinski definition) is 4. The summed E-state index contributed by atoms with van der Waals surface area (Å²) in [7, 11) is 1.29. The standard InChI is InChI=1S/C13H20N2O3/c1-9(2)15(7-11(16)18-4)12(17)13(8-14)5-10(3)6-13/h9-10H,5-7H2,1-4H3. The summed E-state index contributed by atoms with van der Waals surface area (Å²) in [5, 5.41) is 9.23. The highest BCUT2D eigenvalue weighted by molar-refractivity contribution is 5.89. The number of hydrogen-bond donors (Lipinski definition) is 0. The number of amides is 1. The van der Waals surface area contributed by atoms with E-state index in [-0.39, 0.29) is 18.5 Å². The number of rotatable bonds is 4. The van der Waals surface area contributed by atoms with Crippen LogP contribution >= 0.6 is 0 Å². The van der Waals surface area contributed by atoms with Gasteiger partial charge in [0.2, 0.25) is 5.91 Å². The Bertz CT molecular complexity index is 378. The summed E-state index contributed by atoms with van der Waals surface area (Å²) in [6.07, 6.45) is 1.15. The summed E-state index contributed by atoms with van der Waals surface area (Å²) in [6, 6.07) is 2.00. The lowest BCUT2D eigenvalue weighted by atomic mass is 9.62. The van der Waals surface area contributed by atoms with E-state index < -0.39 is 11.4 Å². The average molecular weight is 252 g/mol. The van der Waals surface area contributed by atoms with Crippen LogP contribution in [0.3, 0.4) is 0 Å². The molecule has 1 saturated carbocycles. The minimum Gasteiger partial charge on any atom is -0.468 e. The van der Waals surface area contributed by atoms with E-state index in [1.54, 1.807) is 0 Å². The van der Waals surface area contributed by atoms with Gasteiger partial charge in [0.25, 0.3) is 0 Å². The molecule has 5 heteroatoms. The normalized spacial score (nSPS) is 26.1. The quantitative estimate of drug-likeness (QED) is 0.708. The number of esters is 1. The molecule has 1 fully saturated rings. The number of nitrogens with zero attached hydrogens (tertiary/aromatic N) is 2. The third kappa shape index (κ3) is 2.63. The Balaban J connectivity index is 2.84. The van der Waals surface area contributed by atoms with Crippen molar-refractivity contribution in [1.29, 1.82) is 5.26 Å². The van der Waals surface area contributed by atoms with Gasteiger partial charge >= 0.3 is 5.97 Å². The molecule has 1 aliphatic rings. The van der Waals surface area contributed by atoms with E-state index in [9.17, 15) is 14.9 Å². The van der Waals surface area contributed by atoms with Crippen molar-refractivity contribution in [2.45, 2.75) is 39.7 Å². The molecule has 0 saturated heterocycles. The molecule has 1 amide bonds. The molecule has 0 aromatic heterocycles. The predicted octanol–water partition coefficient (Wildman–Crippen LogP) is 1.34. The highest BCUT2D eigenvalue weighted by Crippen LogP contribution is 2.46. The maximum Gasteiger partial charge on any atom is 0.325 e. The van der Waals surface area contributed by atoms with E-state index in [1.165, 1.54) is 12.0 Å². The second-order valence-electron chi connectivity index (χ2n) is 5.31. The Morgan fingerprint density at radius 3 is 2.39 bits per heavy atom. The molecule has 0 N–H and O–H groups in total. The smallest absolute Gasteiger partial charge is 0.325 e. The van der Waals surface area contributed by atoms with Gasteiger partial charge in [0.05, 0.1) is 13.2 Å². The van der Waals surface area contributed by atoms with Crippen LogP contribution in [0.2, 0.25) is 0 Å². The Morgan fingerprint density at radius 1 is 1.50 bits per heavy atom. The van der Waals surface area contributed by atoms with Crippen molar-refractivity contribution >= 4 is 11.9 Å². The molecule has 100 valence electrons. The minimum absolute atomic E-state index is 0.0924. The van der Waals surface area contributed by atoms with Gasteiger partial charge in [0.15, 0.2) is 0 Å². The Morgan fingerprint density at radius 2 is 2.06 bits per heavy atom. The van der Waals surface area contributed by atoms with Gasteiger partial charge in [-0.3, -0.25) is 9.59 Å². The Hall–Kier alpha value is -1.57. The van der Waals surface area contributed by atoms with E-state index in [4.69, 9.17) is 0 Å². The van der Waals surface area contributed by atoms with Gasteiger partial charge in [-0.2, -0.15) is 5.26 Å². The van der Waals surface area contributed by atoms with Crippen molar-refractivity contribution in [3.8, 4) is 6.07 Å². The first-order chi connectivity index (χ1) is 8.36. The fourth-order valence-corrected chi connectivity index (χ4v) is 2.41. The first-order valence-corrected chi connectivity index (χ1v) is 6.15. The van der Waals surface area contributed by atoms with Crippen molar-refractivity contribution in [2.24, 2.45) is 11.3 Å². The van der Waals surface area contributed by atoms with Crippen LogP contribution in [-0.4, -0.2) is 36.5 Å². The van der Waals surface area contributed by atoms with Gasteiger partial charge in [-0.25, -0.2) is 0 Å². The molecule has 0 radical (unpaired) electrons. The molecule has 0 unspecified atom stereocenters. The number of nitriles is 1. The van der Waals surface area contributed by atoms with Crippen molar-refractivity contribution in [1.82, 2.24) is 4.90 Å². The summed E-state index contributed by atoms with van der Waals surface area (Å²) in [4.78, 5) is 25.2. The fourth-order valence-electron chi connectivity index (χ4n) is 2.41. The summed E-state index contributed by atoms with van der Waals surface area (Å²) >= 11 is 0. The highest BCUT2D eigenvalue weighted by Gasteiger charge is 2.51. The van der Waals surface area contributed by atoms with E-state index in [0.717, 1.165) is 0 Å². The third-order valence-electron chi connectivity index (χ3n) is 3.43. The molecular formula is C13H20N2O3. The predicted molar refractivity (Wildman–Crippen MR) is 65.3 cm³/mol. The molecule has 1 aliphatic carbocycles. The van der Waals surface area contributed by atoms with E-state index in [1.807, 2.05) is 20.8 Å². The van der Waals surface area contributed by atoms with Crippen LogP contribution in [0.4, 0.5) is 0 Å². The van der Waals surface area contributed by atoms with Crippen molar-refractivity contribution in [2.75, 3.05) is 13.7 Å². The lowest BCUT2D eigenvalue weighted by Gasteiger charge is -2.43. The molecule has 5 nitrogen and oxygen atoms in total. The molecule has 0 heterocycles. The van der Waals surface area contributed by atoms with Gasteiger partial charge in [0.1, 0.15) is 12.0 Å². The molecular weight excluding hydrogens is 232 g/mol. The van der Waals surface area contributed by atoms with E-state index in [0.29, 0.717) is 18.8 Å². The largest absolute Gasteiger partial charge is 0.468 e.